The van der Waals surface area contributed by atoms with Crippen molar-refractivity contribution in [3.05, 3.63) is 70.3 Å². The molecule has 0 fully saturated rings. The molecule has 1 aliphatic rings. The van der Waals surface area contributed by atoms with E-state index in [-0.39, 0.29) is 5.41 Å². The van der Waals surface area contributed by atoms with E-state index in [1.807, 2.05) is 13.8 Å². The average Bonchev–Trinajstić information content (AvgIpc) is 2.56. The van der Waals surface area contributed by atoms with E-state index in [1.54, 1.807) is 0 Å². The Hall–Kier alpha value is -2.02. The SMILES string of the molecule is CC.Cc1cc(C)c2c(c1)C/C=C\c1ccccc1NC(C)C2(C)C. The minimum Gasteiger partial charge on any atom is -0.381 e. The van der Waals surface area contributed by atoms with Crippen LogP contribution in [-0.4, -0.2) is 6.04 Å². The van der Waals surface area contributed by atoms with Gasteiger partial charge in [-0.25, -0.2) is 0 Å². The Balaban J connectivity index is 0.00000109. The van der Waals surface area contributed by atoms with Crippen LogP contribution in [0.4, 0.5) is 5.69 Å². The number of hydrogen-bond donors (Lipinski definition) is 1. The van der Waals surface area contributed by atoms with Gasteiger partial charge in [0.15, 0.2) is 0 Å². The van der Waals surface area contributed by atoms with Crippen molar-refractivity contribution in [2.45, 2.75) is 66.3 Å². The number of fused-ring (bicyclic) bond motifs is 2. The molecule has 0 aromatic heterocycles. The number of nitrogens with one attached hydrogen (secondary N) is 1. The van der Waals surface area contributed by atoms with Gasteiger partial charge in [-0.2, -0.15) is 0 Å². The molecule has 1 heterocycles. The Kier molecular flexibility index (Phi) is 6.11. The lowest BCUT2D eigenvalue weighted by atomic mass is 9.73. The summed E-state index contributed by atoms with van der Waals surface area (Å²) >= 11 is 0. The lowest BCUT2D eigenvalue weighted by molar-refractivity contribution is 0.452. The van der Waals surface area contributed by atoms with Crippen LogP contribution >= 0.6 is 0 Å². The molecule has 2 aromatic rings. The third kappa shape index (κ3) is 3.98. The zero-order valence-electron chi connectivity index (χ0n) is 16.9. The maximum atomic E-state index is 3.75. The predicted molar refractivity (Wildman–Crippen MR) is 113 cm³/mol. The van der Waals surface area contributed by atoms with Gasteiger partial charge < -0.3 is 5.32 Å². The molecule has 0 saturated carbocycles. The van der Waals surface area contributed by atoms with Crippen molar-refractivity contribution in [2.24, 2.45) is 0 Å². The van der Waals surface area contributed by atoms with E-state index in [9.17, 15) is 0 Å². The summed E-state index contributed by atoms with van der Waals surface area (Å²) in [7, 11) is 0. The van der Waals surface area contributed by atoms with Crippen LogP contribution < -0.4 is 5.32 Å². The lowest BCUT2D eigenvalue weighted by Crippen LogP contribution is -2.39. The van der Waals surface area contributed by atoms with Gasteiger partial charge in [0, 0.05) is 17.1 Å². The maximum Gasteiger partial charge on any atom is 0.0416 e. The Morgan fingerprint density at radius 1 is 1.04 bits per heavy atom. The molecule has 0 radical (unpaired) electrons. The smallest absolute Gasteiger partial charge is 0.0416 e. The Morgan fingerprint density at radius 3 is 2.44 bits per heavy atom. The van der Waals surface area contributed by atoms with Crippen molar-refractivity contribution >= 4 is 11.8 Å². The maximum absolute atomic E-state index is 3.75. The number of aryl methyl sites for hydroxylation is 2. The minimum absolute atomic E-state index is 0.0609. The van der Waals surface area contributed by atoms with E-state index < -0.39 is 0 Å². The fourth-order valence-electron chi connectivity index (χ4n) is 3.86. The summed E-state index contributed by atoms with van der Waals surface area (Å²) in [4.78, 5) is 0. The number of anilines is 1. The van der Waals surface area contributed by atoms with Gasteiger partial charge in [-0.05, 0) is 55.5 Å². The summed E-state index contributed by atoms with van der Waals surface area (Å²) < 4.78 is 0. The molecule has 0 bridgehead atoms. The molecule has 0 aliphatic carbocycles. The first-order chi connectivity index (χ1) is 11.9. The molecule has 2 aromatic carbocycles. The van der Waals surface area contributed by atoms with Gasteiger partial charge in [-0.3, -0.25) is 0 Å². The zero-order valence-corrected chi connectivity index (χ0v) is 16.9. The average molecular weight is 336 g/mol. The molecule has 3 rings (SSSR count). The highest BCUT2D eigenvalue weighted by molar-refractivity contribution is 5.68. The number of para-hydroxylation sites is 1. The fourth-order valence-corrected chi connectivity index (χ4v) is 3.86. The van der Waals surface area contributed by atoms with Gasteiger partial charge >= 0.3 is 0 Å². The van der Waals surface area contributed by atoms with Crippen molar-refractivity contribution in [1.82, 2.24) is 0 Å². The Labute approximate surface area is 154 Å². The van der Waals surface area contributed by atoms with Gasteiger partial charge in [0.05, 0.1) is 0 Å². The van der Waals surface area contributed by atoms with E-state index >= 15 is 0 Å². The largest absolute Gasteiger partial charge is 0.381 e. The highest BCUT2D eigenvalue weighted by atomic mass is 14.9. The third-order valence-corrected chi connectivity index (χ3v) is 5.26. The second-order valence-electron chi connectivity index (χ2n) is 7.40. The quantitative estimate of drug-likeness (QED) is 0.566. The van der Waals surface area contributed by atoms with Crippen molar-refractivity contribution in [2.75, 3.05) is 5.32 Å². The molecule has 1 heteroatoms. The molecule has 0 amide bonds. The van der Waals surface area contributed by atoms with Crippen molar-refractivity contribution < 1.29 is 0 Å². The predicted octanol–water partition coefficient (Wildman–Crippen LogP) is 6.68. The van der Waals surface area contributed by atoms with Gasteiger partial charge in [-0.1, -0.05) is 75.7 Å². The van der Waals surface area contributed by atoms with Gasteiger partial charge in [0.25, 0.3) is 0 Å². The van der Waals surface area contributed by atoms with Crippen LogP contribution in [0.15, 0.2) is 42.5 Å². The minimum atomic E-state index is 0.0609. The summed E-state index contributed by atoms with van der Waals surface area (Å²) in [5.41, 5.74) is 8.25. The van der Waals surface area contributed by atoms with Gasteiger partial charge in [0.1, 0.15) is 0 Å². The molecule has 0 saturated heterocycles. The number of allylic oxidation sites excluding steroid dienone is 1. The van der Waals surface area contributed by atoms with Crippen LogP contribution in [0.2, 0.25) is 0 Å². The molecule has 1 unspecified atom stereocenters. The normalized spacial score (nSPS) is 19.4. The number of benzene rings is 2. The number of rotatable bonds is 0. The Bertz CT molecular complexity index is 753. The first-order valence-corrected chi connectivity index (χ1v) is 9.52. The third-order valence-electron chi connectivity index (χ3n) is 5.26. The molecule has 0 spiro atoms. The topological polar surface area (TPSA) is 12.0 Å². The van der Waals surface area contributed by atoms with Crippen LogP contribution in [0, 0.1) is 13.8 Å². The molecule has 134 valence electrons. The molecule has 1 aliphatic heterocycles. The summed E-state index contributed by atoms with van der Waals surface area (Å²) in [6.07, 6.45) is 5.53. The lowest BCUT2D eigenvalue weighted by Gasteiger charge is -2.37. The van der Waals surface area contributed by atoms with Crippen LogP contribution in [0.3, 0.4) is 0 Å². The molecule has 1 nitrogen and oxygen atoms in total. The highest BCUT2D eigenvalue weighted by Gasteiger charge is 2.32. The molecular formula is C24H33N. The summed E-state index contributed by atoms with van der Waals surface area (Å²) in [5, 5.41) is 3.75. The van der Waals surface area contributed by atoms with Crippen LogP contribution in [0.1, 0.15) is 62.4 Å². The van der Waals surface area contributed by atoms with E-state index in [0.29, 0.717) is 6.04 Å². The monoisotopic (exact) mass is 335 g/mol. The van der Waals surface area contributed by atoms with E-state index in [4.69, 9.17) is 0 Å². The molecular weight excluding hydrogens is 302 g/mol. The second-order valence-corrected chi connectivity index (χ2v) is 7.40. The first kappa shape index (κ1) is 19.3. The first-order valence-electron chi connectivity index (χ1n) is 9.52. The van der Waals surface area contributed by atoms with Crippen LogP contribution in [-0.2, 0) is 11.8 Å². The molecule has 1 N–H and O–H groups in total. The van der Waals surface area contributed by atoms with Crippen molar-refractivity contribution in [3.63, 3.8) is 0 Å². The van der Waals surface area contributed by atoms with E-state index in [1.165, 1.54) is 33.5 Å². The van der Waals surface area contributed by atoms with Crippen LogP contribution in [0.25, 0.3) is 6.08 Å². The fraction of sp³-hybridized carbons (Fsp3) is 0.417. The molecule has 25 heavy (non-hydrogen) atoms. The van der Waals surface area contributed by atoms with Crippen LogP contribution in [0.5, 0.6) is 0 Å². The van der Waals surface area contributed by atoms with E-state index in [2.05, 4.69) is 88.5 Å². The number of hydrogen-bond acceptors (Lipinski definition) is 1. The summed E-state index contributed by atoms with van der Waals surface area (Å²) in [6, 6.07) is 13.6. The second kappa shape index (κ2) is 7.91. The summed E-state index contributed by atoms with van der Waals surface area (Å²) in [5.74, 6) is 0. The Morgan fingerprint density at radius 2 is 1.72 bits per heavy atom. The van der Waals surface area contributed by atoms with Gasteiger partial charge in [0.2, 0.25) is 0 Å². The highest BCUT2D eigenvalue weighted by Crippen LogP contribution is 2.36. The van der Waals surface area contributed by atoms with Crippen molar-refractivity contribution in [3.8, 4) is 0 Å². The summed E-state index contributed by atoms with van der Waals surface area (Å²) in [6.45, 7) is 15.5. The van der Waals surface area contributed by atoms with Crippen molar-refractivity contribution in [1.29, 1.82) is 0 Å². The van der Waals surface area contributed by atoms with E-state index in [0.717, 1.165) is 6.42 Å². The molecule has 1 atom stereocenters. The standard InChI is InChI=1S/C22H27N.C2H6/c1-15-13-16(2)21-19(14-15)11-8-10-18-9-6-7-12-20(18)23-17(3)22(21,4)5;1-2/h6-10,12-14,17,23H,11H2,1-5H3;1-2H3/b10-8-;. The van der Waals surface area contributed by atoms with Gasteiger partial charge in [-0.15, -0.1) is 0 Å². The zero-order chi connectivity index (χ0) is 18.6.